The van der Waals surface area contributed by atoms with Gasteiger partial charge in [0.2, 0.25) is 0 Å². The van der Waals surface area contributed by atoms with Crippen LogP contribution in [0.25, 0.3) is 0 Å². The molecule has 0 bridgehead atoms. The summed E-state index contributed by atoms with van der Waals surface area (Å²) in [7, 11) is 0. The van der Waals surface area contributed by atoms with Crippen LogP contribution in [0, 0.1) is 13.8 Å². The molecule has 1 heterocycles. The topological polar surface area (TPSA) is 38.3 Å². The largest absolute Gasteiger partial charge is 0.368 e. The maximum atomic E-state index is 11.8. The van der Waals surface area contributed by atoms with Crippen LogP contribution in [0.3, 0.4) is 0 Å². The molecule has 0 aromatic heterocycles. The molecule has 1 saturated heterocycles. The van der Waals surface area contributed by atoms with Crippen LogP contribution in [0.5, 0.6) is 0 Å². The smallest absolute Gasteiger partial charge is 0.253 e. The van der Waals surface area contributed by atoms with E-state index in [9.17, 15) is 4.79 Å². The number of ether oxygens (including phenoxy) is 1. The maximum Gasteiger partial charge on any atom is 0.253 e. The van der Waals surface area contributed by atoms with Crippen LogP contribution in [0.4, 0.5) is 5.69 Å². The summed E-state index contributed by atoms with van der Waals surface area (Å²) in [5.74, 6) is -0.0271. The molecule has 1 N–H and O–H groups in total. The van der Waals surface area contributed by atoms with Crippen LogP contribution in [0.15, 0.2) is 18.2 Å². The van der Waals surface area contributed by atoms with E-state index in [4.69, 9.17) is 4.74 Å². The average Bonchev–Trinajstić information content (AvgIpc) is 2.77. The minimum absolute atomic E-state index is 0.0271. The second-order valence-electron chi connectivity index (χ2n) is 4.29. The summed E-state index contributed by atoms with van der Waals surface area (Å²) < 4.78 is 5.33. The van der Waals surface area contributed by atoms with Gasteiger partial charge in [0.1, 0.15) is 6.10 Å². The van der Waals surface area contributed by atoms with Crippen molar-refractivity contribution in [3.8, 4) is 0 Å². The molecule has 1 amide bonds. The molecule has 1 aromatic carbocycles. The lowest BCUT2D eigenvalue weighted by molar-refractivity contribution is -0.124. The van der Waals surface area contributed by atoms with E-state index < -0.39 is 0 Å². The number of carbonyl (C=O) groups is 1. The average molecular weight is 219 g/mol. The molecule has 0 spiro atoms. The summed E-state index contributed by atoms with van der Waals surface area (Å²) in [6.07, 6.45) is 1.54. The Hall–Kier alpha value is -1.35. The summed E-state index contributed by atoms with van der Waals surface area (Å²) in [5, 5.41) is 2.89. The Morgan fingerprint density at radius 2 is 2.19 bits per heavy atom. The molecule has 1 fully saturated rings. The number of carbonyl (C=O) groups excluding carboxylic acids is 1. The number of nitrogens with one attached hydrogen (secondary N) is 1. The van der Waals surface area contributed by atoms with Gasteiger partial charge >= 0.3 is 0 Å². The molecule has 0 unspecified atom stereocenters. The summed E-state index contributed by atoms with van der Waals surface area (Å²) in [6.45, 7) is 4.79. The summed E-state index contributed by atoms with van der Waals surface area (Å²) >= 11 is 0. The Kier molecular flexibility index (Phi) is 3.25. The molecule has 2 rings (SSSR count). The first-order chi connectivity index (χ1) is 7.66. The number of aryl methyl sites for hydroxylation is 2. The minimum Gasteiger partial charge on any atom is -0.368 e. The zero-order valence-corrected chi connectivity index (χ0v) is 9.75. The highest BCUT2D eigenvalue weighted by atomic mass is 16.5. The monoisotopic (exact) mass is 219 g/mol. The minimum atomic E-state index is -0.262. The Bertz CT molecular complexity index is 395. The van der Waals surface area contributed by atoms with Gasteiger partial charge < -0.3 is 10.1 Å². The van der Waals surface area contributed by atoms with Gasteiger partial charge in [0.15, 0.2) is 0 Å². The lowest BCUT2D eigenvalue weighted by atomic mass is 10.1. The normalized spacial score (nSPS) is 19.8. The highest BCUT2D eigenvalue weighted by Crippen LogP contribution is 2.17. The number of hydrogen-bond donors (Lipinski definition) is 1. The molecule has 3 heteroatoms. The summed E-state index contributed by atoms with van der Waals surface area (Å²) in [5.41, 5.74) is 3.27. The Labute approximate surface area is 95.8 Å². The van der Waals surface area contributed by atoms with Crippen LogP contribution in [0.1, 0.15) is 24.0 Å². The van der Waals surface area contributed by atoms with Gasteiger partial charge in [-0.3, -0.25) is 4.79 Å². The highest BCUT2D eigenvalue weighted by Gasteiger charge is 2.23. The predicted molar refractivity (Wildman–Crippen MR) is 63.5 cm³/mol. The number of benzene rings is 1. The van der Waals surface area contributed by atoms with Crippen LogP contribution < -0.4 is 5.32 Å². The molecule has 0 aliphatic carbocycles. The second-order valence-corrected chi connectivity index (χ2v) is 4.29. The van der Waals surface area contributed by atoms with Gasteiger partial charge in [-0.25, -0.2) is 0 Å². The zero-order valence-electron chi connectivity index (χ0n) is 9.75. The molecule has 1 aliphatic heterocycles. The second kappa shape index (κ2) is 4.66. The van der Waals surface area contributed by atoms with Crippen LogP contribution in [0.2, 0.25) is 0 Å². The summed E-state index contributed by atoms with van der Waals surface area (Å²) in [6, 6.07) is 5.93. The van der Waals surface area contributed by atoms with Crippen LogP contribution in [-0.2, 0) is 9.53 Å². The van der Waals surface area contributed by atoms with Gasteiger partial charge in [-0.2, -0.15) is 0 Å². The predicted octanol–water partition coefficient (Wildman–Crippen LogP) is 2.42. The molecule has 3 nitrogen and oxygen atoms in total. The van der Waals surface area contributed by atoms with Crippen LogP contribution >= 0.6 is 0 Å². The quantitative estimate of drug-likeness (QED) is 0.829. The van der Waals surface area contributed by atoms with E-state index in [2.05, 4.69) is 12.2 Å². The van der Waals surface area contributed by atoms with Gasteiger partial charge in [-0.1, -0.05) is 6.07 Å². The fraction of sp³-hybridized carbons (Fsp3) is 0.462. The van der Waals surface area contributed by atoms with Gasteiger partial charge in [0.25, 0.3) is 5.91 Å². The third-order valence-corrected chi connectivity index (χ3v) is 3.00. The van der Waals surface area contributed by atoms with E-state index in [1.54, 1.807) is 0 Å². The number of anilines is 1. The standard InChI is InChI=1S/C13H17NO2/c1-9-5-6-11(8-10(9)2)14-13(15)12-4-3-7-16-12/h5-6,8,12H,3-4,7H2,1-2H3,(H,14,15)/t12-/m1/s1. The van der Waals surface area contributed by atoms with E-state index in [1.807, 2.05) is 25.1 Å². The van der Waals surface area contributed by atoms with Gasteiger partial charge in [0.05, 0.1) is 0 Å². The van der Waals surface area contributed by atoms with Crippen molar-refractivity contribution in [2.24, 2.45) is 0 Å². The molecule has 1 aliphatic rings. The molecular weight excluding hydrogens is 202 g/mol. The fourth-order valence-corrected chi connectivity index (χ4v) is 1.83. The fourth-order valence-electron chi connectivity index (χ4n) is 1.83. The van der Waals surface area contributed by atoms with Gasteiger partial charge in [-0.15, -0.1) is 0 Å². The van der Waals surface area contributed by atoms with E-state index in [1.165, 1.54) is 11.1 Å². The van der Waals surface area contributed by atoms with E-state index in [-0.39, 0.29) is 12.0 Å². The van der Waals surface area contributed by atoms with Crippen molar-refractivity contribution in [1.29, 1.82) is 0 Å². The Morgan fingerprint density at radius 3 is 2.81 bits per heavy atom. The lowest BCUT2D eigenvalue weighted by Gasteiger charge is -2.11. The Morgan fingerprint density at radius 1 is 1.38 bits per heavy atom. The molecule has 1 aromatic rings. The van der Waals surface area contributed by atoms with Crippen LogP contribution in [-0.4, -0.2) is 18.6 Å². The lowest BCUT2D eigenvalue weighted by Crippen LogP contribution is -2.26. The van der Waals surface area contributed by atoms with Crippen molar-refractivity contribution in [2.45, 2.75) is 32.8 Å². The number of rotatable bonds is 2. The molecule has 0 radical (unpaired) electrons. The van der Waals surface area contributed by atoms with Crippen molar-refractivity contribution in [2.75, 3.05) is 11.9 Å². The Balaban J connectivity index is 2.02. The van der Waals surface area contributed by atoms with Crippen molar-refractivity contribution >= 4 is 11.6 Å². The van der Waals surface area contributed by atoms with E-state index >= 15 is 0 Å². The maximum absolute atomic E-state index is 11.8. The molecular formula is C13H17NO2. The van der Waals surface area contributed by atoms with Gasteiger partial charge in [-0.05, 0) is 49.9 Å². The first kappa shape index (κ1) is 11.1. The molecule has 1 atom stereocenters. The van der Waals surface area contributed by atoms with E-state index in [0.29, 0.717) is 6.61 Å². The SMILES string of the molecule is Cc1ccc(NC(=O)[C@H]2CCCO2)cc1C. The zero-order chi connectivity index (χ0) is 11.5. The first-order valence-electron chi connectivity index (χ1n) is 5.66. The number of amides is 1. The van der Waals surface area contributed by atoms with E-state index in [0.717, 1.165) is 18.5 Å². The molecule has 86 valence electrons. The van der Waals surface area contributed by atoms with Crippen molar-refractivity contribution in [3.63, 3.8) is 0 Å². The third-order valence-electron chi connectivity index (χ3n) is 3.00. The van der Waals surface area contributed by atoms with Crippen molar-refractivity contribution in [3.05, 3.63) is 29.3 Å². The first-order valence-corrected chi connectivity index (χ1v) is 5.66. The van der Waals surface area contributed by atoms with Gasteiger partial charge in [0, 0.05) is 12.3 Å². The number of hydrogen-bond acceptors (Lipinski definition) is 2. The van der Waals surface area contributed by atoms with Crippen molar-refractivity contribution in [1.82, 2.24) is 0 Å². The highest BCUT2D eigenvalue weighted by molar-refractivity contribution is 5.94. The summed E-state index contributed by atoms with van der Waals surface area (Å²) in [4.78, 5) is 11.8. The molecule has 0 saturated carbocycles. The molecule has 16 heavy (non-hydrogen) atoms. The third kappa shape index (κ3) is 2.42. The van der Waals surface area contributed by atoms with Crippen molar-refractivity contribution < 1.29 is 9.53 Å².